The van der Waals surface area contributed by atoms with Crippen molar-refractivity contribution in [3.63, 3.8) is 0 Å². The molecule has 0 aromatic heterocycles. The molecule has 0 aliphatic heterocycles. The van der Waals surface area contributed by atoms with Crippen LogP contribution in [0.4, 0.5) is 5.69 Å². The van der Waals surface area contributed by atoms with Gasteiger partial charge in [-0.3, -0.25) is 9.59 Å². The summed E-state index contributed by atoms with van der Waals surface area (Å²) in [5, 5.41) is 2.77. The minimum absolute atomic E-state index is 0.207. The van der Waals surface area contributed by atoms with Crippen LogP contribution >= 0.6 is 15.9 Å². The summed E-state index contributed by atoms with van der Waals surface area (Å²) in [7, 11) is 0. The molecule has 0 unspecified atom stereocenters. The van der Waals surface area contributed by atoms with Gasteiger partial charge in [-0.15, -0.1) is 0 Å². The van der Waals surface area contributed by atoms with Crippen molar-refractivity contribution in [1.82, 2.24) is 0 Å². The van der Waals surface area contributed by atoms with Gasteiger partial charge in [0, 0.05) is 21.3 Å². The summed E-state index contributed by atoms with van der Waals surface area (Å²) in [6.07, 6.45) is 0. The van der Waals surface area contributed by atoms with Crippen LogP contribution in [0.25, 0.3) is 0 Å². The van der Waals surface area contributed by atoms with Crippen molar-refractivity contribution in [3.05, 3.63) is 63.6 Å². The maximum absolute atomic E-state index is 12.1. The molecule has 3 N–H and O–H groups in total. The molecule has 0 saturated heterocycles. The van der Waals surface area contributed by atoms with E-state index in [0.29, 0.717) is 16.8 Å². The lowest BCUT2D eigenvalue weighted by Gasteiger charge is -2.07. The molecule has 4 nitrogen and oxygen atoms in total. The van der Waals surface area contributed by atoms with E-state index in [1.165, 1.54) is 0 Å². The van der Waals surface area contributed by atoms with Crippen LogP contribution in [-0.2, 0) is 0 Å². The first kappa shape index (κ1) is 14.3. The fourth-order valence-corrected chi connectivity index (χ4v) is 2.40. The standard InChI is InChI=1S/C15H13BrN2O2/c1-9-6-11(8-12(16)7-9)15(20)18-13-4-2-10(3-5-13)14(17)19/h2-8H,1H3,(H2,17,19)(H,18,20). The first-order chi connectivity index (χ1) is 9.45. The van der Waals surface area contributed by atoms with Gasteiger partial charge in [-0.25, -0.2) is 0 Å². The average Bonchev–Trinajstić information content (AvgIpc) is 2.38. The molecular formula is C15H13BrN2O2. The van der Waals surface area contributed by atoms with Crippen LogP contribution in [0.3, 0.4) is 0 Å². The Morgan fingerprint density at radius 2 is 1.70 bits per heavy atom. The van der Waals surface area contributed by atoms with Gasteiger partial charge in [0.1, 0.15) is 0 Å². The van der Waals surface area contributed by atoms with Gasteiger partial charge in [-0.1, -0.05) is 15.9 Å². The van der Waals surface area contributed by atoms with Gasteiger partial charge in [-0.05, 0) is 55.0 Å². The smallest absolute Gasteiger partial charge is 0.255 e. The van der Waals surface area contributed by atoms with E-state index >= 15 is 0 Å². The zero-order valence-corrected chi connectivity index (χ0v) is 12.4. The Morgan fingerprint density at radius 1 is 1.05 bits per heavy atom. The van der Waals surface area contributed by atoms with Gasteiger partial charge in [0.25, 0.3) is 5.91 Å². The van der Waals surface area contributed by atoms with Gasteiger partial charge < -0.3 is 11.1 Å². The zero-order valence-electron chi connectivity index (χ0n) is 10.8. The first-order valence-electron chi connectivity index (χ1n) is 5.94. The van der Waals surface area contributed by atoms with Crippen LogP contribution < -0.4 is 11.1 Å². The predicted molar refractivity (Wildman–Crippen MR) is 81.8 cm³/mol. The molecule has 0 radical (unpaired) electrons. The van der Waals surface area contributed by atoms with Crippen molar-refractivity contribution in [1.29, 1.82) is 0 Å². The van der Waals surface area contributed by atoms with E-state index < -0.39 is 5.91 Å². The highest BCUT2D eigenvalue weighted by Gasteiger charge is 2.08. The number of nitrogens with two attached hydrogens (primary N) is 1. The molecular weight excluding hydrogens is 320 g/mol. The summed E-state index contributed by atoms with van der Waals surface area (Å²) in [5.41, 5.74) is 7.73. The number of aryl methyl sites for hydroxylation is 1. The van der Waals surface area contributed by atoms with Gasteiger partial charge in [0.05, 0.1) is 0 Å². The molecule has 0 atom stereocenters. The number of benzene rings is 2. The number of carbonyl (C=O) groups is 2. The van der Waals surface area contributed by atoms with Crippen molar-refractivity contribution >= 4 is 33.4 Å². The SMILES string of the molecule is Cc1cc(Br)cc(C(=O)Nc2ccc(C(N)=O)cc2)c1. The number of hydrogen-bond acceptors (Lipinski definition) is 2. The summed E-state index contributed by atoms with van der Waals surface area (Å²) < 4.78 is 0.853. The number of nitrogens with one attached hydrogen (secondary N) is 1. The lowest BCUT2D eigenvalue weighted by molar-refractivity contribution is 0.0998. The minimum atomic E-state index is -0.495. The molecule has 0 aliphatic rings. The van der Waals surface area contributed by atoms with E-state index in [1.54, 1.807) is 36.4 Å². The Bertz CT molecular complexity index is 646. The maximum atomic E-state index is 12.1. The largest absolute Gasteiger partial charge is 0.366 e. The molecule has 0 saturated carbocycles. The Morgan fingerprint density at radius 3 is 2.25 bits per heavy atom. The number of hydrogen-bond donors (Lipinski definition) is 2. The van der Waals surface area contributed by atoms with Crippen LogP contribution in [-0.4, -0.2) is 11.8 Å². The summed E-state index contributed by atoms with van der Waals surface area (Å²) in [6, 6.07) is 11.9. The number of anilines is 1. The highest BCUT2D eigenvalue weighted by atomic mass is 79.9. The molecule has 0 fully saturated rings. The van der Waals surface area contributed by atoms with Crippen molar-refractivity contribution in [2.24, 2.45) is 5.73 Å². The third-order valence-corrected chi connectivity index (χ3v) is 3.19. The first-order valence-corrected chi connectivity index (χ1v) is 6.73. The van der Waals surface area contributed by atoms with Crippen LogP contribution in [0.1, 0.15) is 26.3 Å². The molecule has 0 bridgehead atoms. The van der Waals surface area contributed by atoms with Crippen molar-refractivity contribution < 1.29 is 9.59 Å². The summed E-state index contributed by atoms with van der Waals surface area (Å²) in [4.78, 5) is 23.1. The Kier molecular flexibility index (Phi) is 4.20. The van der Waals surface area contributed by atoms with E-state index in [-0.39, 0.29) is 5.91 Å². The molecule has 0 spiro atoms. The summed E-state index contributed by atoms with van der Waals surface area (Å²) in [5.74, 6) is -0.702. The second-order valence-corrected chi connectivity index (χ2v) is 5.33. The Hall–Kier alpha value is -2.14. The topological polar surface area (TPSA) is 72.2 Å². The van der Waals surface area contributed by atoms with E-state index in [0.717, 1.165) is 10.0 Å². The van der Waals surface area contributed by atoms with Gasteiger partial charge in [-0.2, -0.15) is 0 Å². The molecule has 0 heterocycles. The third-order valence-electron chi connectivity index (χ3n) is 2.73. The van der Waals surface area contributed by atoms with Crippen molar-refractivity contribution in [2.45, 2.75) is 6.92 Å². The summed E-state index contributed by atoms with van der Waals surface area (Å²) >= 11 is 3.36. The number of primary amides is 1. The third kappa shape index (κ3) is 3.45. The second-order valence-electron chi connectivity index (χ2n) is 4.41. The molecule has 5 heteroatoms. The highest BCUT2D eigenvalue weighted by Crippen LogP contribution is 2.17. The van der Waals surface area contributed by atoms with E-state index in [9.17, 15) is 9.59 Å². The Labute approximate surface area is 125 Å². The predicted octanol–water partition coefficient (Wildman–Crippen LogP) is 3.11. The van der Waals surface area contributed by atoms with E-state index in [1.807, 2.05) is 13.0 Å². The monoisotopic (exact) mass is 332 g/mol. The molecule has 2 aromatic rings. The number of amides is 2. The molecule has 20 heavy (non-hydrogen) atoms. The maximum Gasteiger partial charge on any atom is 0.255 e. The molecule has 102 valence electrons. The number of carbonyl (C=O) groups excluding carboxylic acids is 2. The number of halogens is 1. The minimum Gasteiger partial charge on any atom is -0.366 e. The normalized spacial score (nSPS) is 10.1. The molecule has 0 aliphatic carbocycles. The van der Waals surface area contributed by atoms with Gasteiger partial charge in [0.15, 0.2) is 0 Å². The van der Waals surface area contributed by atoms with E-state index in [4.69, 9.17) is 5.73 Å². The average molecular weight is 333 g/mol. The van der Waals surface area contributed by atoms with Crippen molar-refractivity contribution in [3.8, 4) is 0 Å². The zero-order chi connectivity index (χ0) is 14.7. The van der Waals surface area contributed by atoms with Gasteiger partial charge in [0.2, 0.25) is 5.91 Å². The van der Waals surface area contributed by atoms with Crippen LogP contribution in [0.5, 0.6) is 0 Å². The quantitative estimate of drug-likeness (QED) is 0.906. The molecule has 2 amide bonds. The van der Waals surface area contributed by atoms with Crippen molar-refractivity contribution in [2.75, 3.05) is 5.32 Å². The molecule has 2 rings (SSSR count). The van der Waals surface area contributed by atoms with Crippen LogP contribution in [0.15, 0.2) is 46.9 Å². The van der Waals surface area contributed by atoms with E-state index in [2.05, 4.69) is 21.2 Å². The van der Waals surface area contributed by atoms with Gasteiger partial charge >= 0.3 is 0 Å². The second kappa shape index (κ2) is 5.88. The summed E-state index contributed by atoms with van der Waals surface area (Å²) in [6.45, 7) is 1.92. The lowest BCUT2D eigenvalue weighted by atomic mass is 10.1. The number of rotatable bonds is 3. The fraction of sp³-hybridized carbons (Fsp3) is 0.0667. The van der Waals surface area contributed by atoms with Crippen LogP contribution in [0.2, 0.25) is 0 Å². The lowest BCUT2D eigenvalue weighted by Crippen LogP contribution is -2.13. The Balaban J connectivity index is 2.16. The fourth-order valence-electron chi connectivity index (χ4n) is 1.79. The highest BCUT2D eigenvalue weighted by molar-refractivity contribution is 9.10. The van der Waals surface area contributed by atoms with Crippen LogP contribution in [0, 0.1) is 6.92 Å². The molecule has 2 aromatic carbocycles.